The van der Waals surface area contributed by atoms with Crippen LogP contribution in [0, 0.1) is 6.92 Å². The second kappa shape index (κ2) is 3.81. The summed E-state index contributed by atoms with van der Waals surface area (Å²) >= 11 is 1.67. The topological polar surface area (TPSA) is 46.9 Å². The lowest BCUT2D eigenvalue weighted by molar-refractivity contribution is -0.114. The predicted molar refractivity (Wildman–Crippen MR) is 75.1 cm³/mol. The van der Waals surface area contributed by atoms with Crippen LogP contribution in [0.2, 0.25) is 0 Å². The summed E-state index contributed by atoms with van der Waals surface area (Å²) in [6, 6.07) is 6.37. The van der Waals surface area contributed by atoms with Gasteiger partial charge in [-0.05, 0) is 18.6 Å². The first-order chi connectivity index (χ1) is 8.56. The summed E-state index contributed by atoms with van der Waals surface area (Å²) in [5, 5.41) is 8.33. The Morgan fingerprint density at radius 1 is 1.44 bits per heavy atom. The maximum absolute atomic E-state index is 11.2. The molecule has 18 heavy (non-hydrogen) atoms. The fraction of sp³-hybridized carbons (Fsp3) is 0.231. The molecule has 92 valence electrons. The number of nitrogens with one attached hydrogen (secondary N) is 1. The lowest BCUT2D eigenvalue weighted by Crippen LogP contribution is -2.06. The van der Waals surface area contributed by atoms with Crippen molar-refractivity contribution in [2.75, 3.05) is 5.32 Å². The van der Waals surface area contributed by atoms with E-state index in [1.807, 2.05) is 11.7 Å². The number of aryl methyl sites for hydroxylation is 2. The first-order valence-corrected chi connectivity index (χ1v) is 6.51. The molecule has 1 aromatic carbocycles. The highest BCUT2D eigenvalue weighted by Gasteiger charge is 2.15. The Hall–Kier alpha value is -1.88. The quantitative estimate of drug-likeness (QED) is 0.730. The SMILES string of the molecule is CC(=O)Nc1nn(C)c2c1sc1cc(C)ccc12. The van der Waals surface area contributed by atoms with Crippen molar-refractivity contribution < 1.29 is 4.79 Å². The molecule has 0 atom stereocenters. The Morgan fingerprint density at radius 3 is 2.94 bits per heavy atom. The van der Waals surface area contributed by atoms with Gasteiger partial charge < -0.3 is 5.32 Å². The van der Waals surface area contributed by atoms with Gasteiger partial charge in [0.1, 0.15) is 0 Å². The maximum atomic E-state index is 11.2. The first kappa shape index (κ1) is 11.2. The standard InChI is InChI=1S/C13H13N3OS/c1-7-4-5-9-10(6-7)18-12-11(9)16(3)15-13(12)14-8(2)17/h4-6H,1-3H3,(H,14,15,17). The molecular weight excluding hydrogens is 246 g/mol. The summed E-state index contributed by atoms with van der Waals surface area (Å²) in [4.78, 5) is 11.2. The fourth-order valence-corrected chi connectivity index (χ4v) is 3.43. The van der Waals surface area contributed by atoms with Crippen LogP contribution in [0.5, 0.6) is 0 Å². The minimum atomic E-state index is -0.0939. The third-order valence-corrected chi connectivity index (χ3v) is 4.05. The molecule has 0 aliphatic heterocycles. The lowest BCUT2D eigenvalue weighted by Gasteiger charge is -1.96. The van der Waals surface area contributed by atoms with Gasteiger partial charge in [0.15, 0.2) is 5.82 Å². The van der Waals surface area contributed by atoms with E-state index in [2.05, 4.69) is 35.5 Å². The number of aromatic nitrogens is 2. The highest BCUT2D eigenvalue weighted by atomic mass is 32.1. The molecule has 0 aliphatic carbocycles. The number of anilines is 1. The highest BCUT2D eigenvalue weighted by Crippen LogP contribution is 2.38. The van der Waals surface area contributed by atoms with Crippen molar-refractivity contribution in [2.45, 2.75) is 13.8 Å². The summed E-state index contributed by atoms with van der Waals surface area (Å²) in [7, 11) is 1.90. The van der Waals surface area contributed by atoms with Crippen molar-refractivity contribution in [1.29, 1.82) is 0 Å². The third-order valence-electron chi connectivity index (χ3n) is 2.90. The molecule has 0 spiro atoms. The average molecular weight is 259 g/mol. The Labute approximate surface area is 108 Å². The first-order valence-electron chi connectivity index (χ1n) is 5.69. The minimum absolute atomic E-state index is 0.0939. The van der Waals surface area contributed by atoms with E-state index < -0.39 is 0 Å². The molecule has 3 aromatic rings. The van der Waals surface area contributed by atoms with Crippen molar-refractivity contribution in [3.8, 4) is 0 Å². The van der Waals surface area contributed by atoms with Gasteiger partial charge in [0.2, 0.25) is 5.91 Å². The number of carbonyl (C=O) groups is 1. The largest absolute Gasteiger partial charge is 0.308 e. The smallest absolute Gasteiger partial charge is 0.222 e. The van der Waals surface area contributed by atoms with Crippen molar-refractivity contribution in [1.82, 2.24) is 9.78 Å². The van der Waals surface area contributed by atoms with Gasteiger partial charge in [0.25, 0.3) is 0 Å². The fourth-order valence-electron chi connectivity index (χ4n) is 2.17. The van der Waals surface area contributed by atoms with Crippen molar-refractivity contribution in [2.24, 2.45) is 7.05 Å². The summed E-state index contributed by atoms with van der Waals surface area (Å²) in [6.07, 6.45) is 0. The molecular formula is C13H13N3OS. The van der Waals surface area contributed by atoms with Crippen LogP contribution in [-0.2, 0) is 11.8 Å². The Balaban J connectivity index is 2.35. The van der Waals surface area contributed by atoms with E-state index in [1.165, 1.54) is 22.6 Å². The monoisotopic (exact) mass is 259 g/mol. The van der Waals surface area contributed by atoms with Crippen LogP contribution < -0.4 is 5.32 Å². The Bertz CT molecular complexity index is 769. The van der Waals surface area contributed by atoms with Crippen LogP contribution in [0.15, 0.2) is 18.2 Å². The number of benzene rings is 1. The zero-order chi connectivity index (χ0) is 12.9. The van der Waals surface area contributed by atoms with Gasteiger partial charge in [-0.25, -0.2) is 0 Å². The number of hydrogen-bond acceptors (Lipinski definition) is 3. The Kier molecular flexibility index (Phi) is 2.38. The highest BCUT2D eigenvalue weighted by molar-refractivity contribution is 7.26. The van der Waals surface area contributed by atoms with E-state index in [-0.39, 0.29) is 5.91 Å². The second-order valence-electron chi connectivity index (χ2n) is 4.43. The van der Waals surface area contributed by atoms with E-state index in [4.69, 9.17) is 0 Å². The molecule has 0 aliphatic rings. The number of nitrogens with zero attached hydrogens (tertiary/aromatic N) is 2. The van der Waals surface area contributed by atoms with Gasteiger partial charge in [-0.15, -0.1) is 11.3 Å². The number of hydrogen-bond donors (Lipinski definition) is 1. The van der Waals surface area contributed by atoms with Gasteiger partial charge in [-0.3, -0.25) is 9.48 Å². The summed E-state index contributed by atoms with van der Waals surface area (Å²) in [5.41, 5.74) is 2.32. The Morgan fingerprint density at radius 2 is 2.22 bits per heavy atom. The van der Waals surface area contributed by atoms with Crippen molar-refractivity contribution in [3.05, 3.63) is 23.8 Å². The molecule has 0 bridgehead atoms. The molecule has 0 unspecified atom stereocenters. The van der Waals surface area contributed by atoms with E-state index in [9.17, 15) is 4.79 Å². The molecule has 4 nitrogen and oxygen atoms in total. The van der Waals surface area contributed by atoms with Gasteiger partial charge in [-0.1, -0.05) is 12.1 Å². The average Bonchev–Trinajstić information content (AvgIpc) is 2.77. The van der Waals surface area contributed by atoms with E-state index in [0.29, 0.717) is 5.82 Å². The lowest BCUT2D eigenvalue weighted by atomic mass is 10.2. The van der Waals surface area contributed by atoms with Crippen molar-refractivity contribution >= 4 is 43.4 Å². The third kappa shape index (κ3) is 1.59. The van der Waals surface area contributed by atoms with E-state index >= 15 is 0 Å². The van der Waals surface area contributed by atoms with E-state index in [1.54, 1.807) is 11.3 Å². The number of carbonyl (C=O) groups excluding carboxylic acids is 1. The van der Waals surface area contributed by atoms with Gasteiger partial charge in [0.05, 0.1) is 10.2 Å². The van der Waals surface area contributed by atoms with Crippen LogP contribution in [0.1, 0.15) is 12.5 Å². The summed E-state index contributed by atoms with van der Waals surface area (Å²) < 4.78 is 4.09. The molecule has 1 N–H and O–H groups in total. The van der Waals surface area contributed by atoms with Crippen LogP contribution >= 0.6 is 11.3 Å². The predicted octanol–water partition coefficient (Wildman–Crippen LogP) is 3.05. The number of thiophene rings is 1. The van der Waals surface area contributed by atoms with Crippen molar-refractivity contribution in [3.63, 3.8) is 0 Å². The maximum Gasteiger partial charge on any atom is 0.222 e. The van der Waals surface area contributed by atoms with Crippen LogP contribution in [0.4, 0.5) is 5.82 Å². The molecule has 5 heteroatoms. The second-order valence-corrected chi connectivity index (χ2v) is 5.49. The molecule has 2 aromatic heterocycles. The van der Waals surface area contributed by atoms with Crippen LogP contribution in [0.3, 0.4) is 0 Å². The summed E-state index contributed by atoms with van der Waals surface area (Å²) in [5.74, 6) is 0.558. The van der Waals surface area contributed by atoms with Gasteiger partial charge >= 0.3 is 0 Å². The van der Waals surface area contributed by atoms with Gasteiger partial charge in [0, 0.05) is 24.1 Å². The molecule has 0 saturated carbocycles. The molecule has 3 rings (SSSR count). The number of amides is 1. The van der Waals surface area contributed by atoms with E-state index in [0.717, 1.165) is 10.2 Å². The van der Waals surface area contributed by atoms with Gasteiger partial charge in [-0.2, -0.15) is 5.10 Å². The molecule has 0 saturated heterocycles. The normalized spacial score (nSPS) is 11.3. The summed E-state index contributed by atoms with van der Waals surface area (Å²) in [6.45, 7) is 3.58. The number of fused-ring (bicyclic) bond motifs is 3. The zero-order valence-corrected chi connectivity index (χ0v) is 11.3. The number of rotatable bonds is 1. The zero-order valence-electron chi connectivity index (χ0n) is 10.4. The molecule has 0 radical (unpaired) electrons. The minimum Gasteiger partial charge on any atom is -0.308 e. The molecule has 1 amide bonds. The molecule has 0 fully saturated rings. The van der Waals surface area contributed by atoms with Crippen LogP contribution in [0.25, 0.3) is 20.3 Å². The van der Waals surface area contributed by atoms with Crippen LogP contribution in [-0.4, -0.2) is 15.7 Å². The molecule has 2 heterocycles.